The molecule has 27 heavy (non-hydrogen) atoms. The lowest BCUT2D eigenvalue weighted by Crippen LogP contribution is -2.37. The van der Waals surface area contributed by atoms with Crippen LogP contribution in [-0.4, -0.2) is 30.1 Å². The molecule has 0 radical (unpaired) electrons. The van der Waals surface area contributed by atoms with Crippen LogP contribution < -0.4 is 4.90 Å². The average Bonchev–Trinajstić information content (AvgIpc) is 3.32. The van der Waals surface area contributed by atoms with E-state index in [9.17, 15) is 4.79 Å². The number of anilines is 1. The zero-order chi connectivity index (χ0) is 19.0. The zero-order valence-corrected chi connectivity index (χ0v) is 18.3. The molecule has 0 bridgehead atoms. The van der Waals surface area contributed by atoms with Crippen molar-refractivity contribution in [1.29, 1.82) is 0 Å². The predicted molar refractivity (Wildman–Crippen MR) is 119 cm³/mol. The van der Waals surface area contributed by atoms with Gasteiger partial charge in [0.1, 0.15) is 0 Å². The van der Waals surface area contributed by atoms with Gasteiger partial charge in [-0.1, -0.05) is 29.5 Å². The number of hydrogen-bond acceptors (Lipinski definition) is 4. The molecule has 4 rings (SSSR count). The number of hydrogen-bond donors (Lipinski definition) is 0. The lowest BCUT2D eigenvalue weighted by Gasteiger charge is -2.23. The summed E-state index contributed by atoms with van der Waals surface area (Å²) in [6.07, 6.45) is 2.11. The van der Waals surface area contributed by atoms with Gasteiger partial charge in [-0.15, -0.1) is 0 Å². The Kier molecular flexibility index (Phi) is 5.48. The van der Waals surface area contributed by atoms with Crippen molar-refractivity contribution >= 4 is 55.2 Å². The Morgan fingerprint density at radius 2 is 2.11 bits per heavy atom. The van der Waals surface area contributed by atoms with Crippen LogP contribution in [0.3, 0.4) is 0 Å². The Hall–Kier alpha value is -1.51. The Balaban J connectivity index is 1.76. The van der Waals surface area contributed by atoms with Crippen molar-refractivity contribution in [2.75, 3.05) is 18.1 Å². The molecule has 3 aromatic rings. The van der Waals surface area contributed by atoms with Gasteiger partial charge >= 0.3 is 0 Å². The molecule has 0 spiro atoms. The minimum atomic E-state index is -0.0102. The van der Waals surface area contributed by atoms with E-state index in [1.54, 1.807) is 11.3 Å². The summed E-state index contributed by atoms with van der Waals surface area (Å²) in [7, 11) is 0. The van der Waals surface area contributed by atoms with Crippen molar-refractivity contribution < 1.29 is 9.53 Å². The summed E-state index contributed by atoms with van der Waals surface area (Å²) in [5, 5.41) is 0.749. The number of amides is 1. The molecule has 4 nitrogen and oxygen atoms in total. The monoisotopic (exact) mass is 492 g/mol. The van der Waals surface area contributed by atoms with E-state index in [1.165, 1.54) is 11.1 Å². The van der Waals surface area contributed by atoms with Crippen LogP contribution in [0.15, 0.2) is 36.4 Å². The maximum Gasteiger partial charge on any atom is 0.261 e. The first kappa shape index (κ1) is 18.8. The van der Waals surface area contributed by atoms with Gasteiger partial charge in [0.15, 0.2) is 5.13 Å². The maximum atomic E-state index is 13.4. The van der Waals surface area contributed by atoms with Gasteiger partial charge in [0, 0.05) is 10.2 Å². The molecule has 1 unspecified atom stereocenters. The number of nitrogens with zero attached hydrogens (tertiary/aromatic N) is 2. The number of rotatable bonds is 4. The van der Waals surface area contributed by atoms with Crippen molar-refractivity contribution in [3.8, 4) is 0 Å². The van der Waals surface area contributed by atoms with Gasteiger partial charge in [0.2, 0.25) is 0 Å². The zero-order valence-electron chi connectivity index (χ0n) is 15.4. The quantitative estimate of drug-likeness (QED) is 0.462. The second-order valence-electron chi connectivity index (χ2n) is 6.88. The standard InChI is InChI=1S/C21H21IN2O2S/c1-13-9-10-18-19(14(13)2)23-21(27-18)24(12-15-6-5-11-26-15)20(25)16-7-3-4-8-17(16)22/h3-4,7-10,15H,5-6,11-12H2,1-2H3. The molecule has 1 fully saturated rings. The number of aryl methyl sites for hydroxylation is 2. The number of carbonyl (C=O) groups is 1. The predicted octanol–water partition coefficient (Wildman–Crippen LogP) is 5.34. The third-order valence-electron chi connectivity index (χ3n) is 5.06. The van der Waals surface area contributed by atoms with Crippen LogP contribution in [0.4, 0.5) is 5.13 Å². The highest BCUT2D eigenvalue weighted by molar-refractivity contribution is 14.1. The molecule has 1 atom stereocenters. The normalized spacial score (nSPS) is 16.8. The Labute approximate surface area is 176 Å². The first-order valence-electron chi connectivity index (χ1n) is 9.09. The summed E-state index contributed by atoms with van der Waals surface area (Å²) < 4.78 is 7.88. The van der Waals surface area contributed by atoms with Crippen molar-refractivity contribution in [3.05, 3.63) is 56.7 Å². The minimum Gasteiger partial charge on any atom is -0.376 e. The molecule has 6 heteroatoms. The summed E-state index contributed by atoms with van der Waals surface area (Å²) in [5.74, 6) is -0.0102. The Morgan fingerprint density at radius 1 is 1.30 bits per heavy atom. The van der Waals surface area contributed by atoms with Gasteiger partial charge in [0.25, 0.3) is 5.91 Å². The van der Waals surface area contributed by atoms with Crippen LogP contribution in [-0.2, 0) is 4.74 Å². The lowest BCUT2D eigenvalue weighted by atomic mass is 10.1. The fourth-order valence-corrected chi connectivity index (χ4v) is 5.00. The maximum absolute atomic E-state index is 13.4. The fourth-order valence-electron chi connectivity index (χ4n) is 3.35. The van der Waals surface area contributed by atoms with E-state index >= 15 is 0 Å². The van der Waals surface area contributed by atoms with E-state index < -0.39 is 0 Å². The molecule has 1 aliphatic rings. The topological polar surface area (TPSA) is 42.4 Å². The van der Waals surface area contributed by atoms with E-state index in [4.69, 9.17) is 9.72 Å². The van der Waals surface area contributed by atoms with Gasteiger partial charge in [-0.3, -0.25) is 9.69 Å². The third kappa shape index (κ3) is 3.75. The number of ether oxygens (including phenoxy) is 1. The molecular weight excluding hydrogens is 471 g/mol. The molecule has 2 aromatic carbocycles. The Morgan fingerprint density at radius 3 is 2.85 bits per heavy atom. The largest absolute Gasteiger partial charge is 0.376 e. The highest BCUT2D eigenvalue weighted by atomic mass is 127. The van der Waals surface area contributed by atoms with Gasteiger partial charge in [-0.25, -0.2) is 4.98 Å². The smallest absolute Gasteiger partial charge is 0.261 e. The summed E-state index contributed by atoms with van der Waals surface area (Å²) in [4.78, 5) is 20.1. The van der Waals surface area contributed by atoms with Crippen LogP contribution in [0.5, 0.6) is 0 Å². The van der Waals surface area contributed by atoms with Crippen molar-refractivity contribution in [3.63, 3.8) is 0 Å². The first-order valence-corrected chi connectivity index (χ1v) is 11.0. The molecule has 1 saturated heterocycles. The number of carbonyl (C=O) groups excluding carboxylic acids is 1. The molecule has 1 aliphatic heterocycles. The number of thiazole rings is 1. The van der Waals surface area contributed by atoms with Gasteiger partial charge < -0.3 is 4.74 Å². The highest BCUT2D eigenvalue weighted by Gasteiger charge is 2.28. The van der Waals surface area contributed by atoms with E-state index in [-0.39, 0.29) is 12.0 Å². The fraction of sp³-hybridized carbons (Fsp3) is 0.333. The Bertz CT molecular complexity index is 995. The van der Waals surface area contributed by atoms with Crippen LogP contribution in [0.1, 0.15) is 34.3 Å². The van der Waals surface area contributed by atoms with Gasteiger partial charge in [-0.2, -0.15) is 0 Å². The van der Waals surface area contributed by atoms with E-state index in [0.717, 1.165) is 38.4 Å². The van der Waals surface area contributed by atoms with Crippen LogP contribution in [0.2, 0.25) is 0 Å². The van der Waals surface area contributed by atoms with Crippen molar-refractivity contribution in [2.45, 2.75) is 32.8 Å². The number of benzene rings is 2. The summed E-state index contributed by atoms with van der Waals surface area (Å²) >= 11 is 3.80. The second-order valence-corrected chi connectivity index (χ2v) is 9.05. The minimum absolute atomic E-state index is 0.0102. The van der Waals surface area contributed by atoms with Crippen molar-refractivity contribution in [1.82, 2.24) is 4.98 Å². The van der Waals surface area contributed by atoms with E-state index in [0.29, 0.717) is 12.1 Å². The number of halogens is 1. The van der Waals surface area contributed by atoms with Gasteiger partial charge in [0.05, 0.1) is 28.4 Å². The van der Waals surface area contributed by atoms with Crippen molar-refractivity contribution in [2.24, 2.45) is 0 Å². The van der Waals surface area contributed by atoms with Gasteiger partial charge in [-0.05, 0) is 78.6 Å². The second kappa shape index (κ2) is 7.85. The summed E-state index contributed by atoms with van der Waals surface area (Å²) in [6, 6.07) is 11.9. The van der Waals surface area contributed by atoms with E-state index in [2.05, 4.69) is 48.6 Å². The summed E-state index contributed by atoms with van der Waals surface area (Å²) in [5.41, 5.74) is 4.09. The van der Waals surface area contributed by atoms with Crippen LogP contribution in [0, 0.1) is 17.4 Å². The molecule has 1 aromatic heterocycles. The molecule has 1 amide bonds. The lowest BCUT2D eigenvalue weighted by molar-refractivity contribution is 0.0916. The highest BCUT2D eigenvalue weighted by Crippen LogP contribution is 2.33. The molecule has 0 saturated carbocycles. The summed E-state index contributed by atoms with van der Waals surface area (Å²) in [6.45, 7) is 5.50. The van der Waals surface area contributed by atoms with Crippen LogP contribution >= 0.6 is 33.9 Å². The number of fused-ring (bicyclic) bond motifs is 1. The number of aromatic nitrogens is 1. The average molecular weight is 492 g/mol. The molecule has 2 heterocycles. The third-order valence-corrected chi connectivity index (χ3v) is 7.05. The SMILES string of the molecule is Cc1ccc2sc(N(CC3CCCO3)C(=O)c3ccccc3I)nc2c1C. The molecule has 140 valence electrons. The first-order chi connectivity index (χ1) is 13.0. The van der Waals surface area contributed by atoms with Crippen LogP contribution in [0.25, 0.3) is 10.2 Å². The molecule has 0 N–H and O–H groups in total. The van der Waals surface area contributed by atoms with E-state index in [1.807, 2.05) is 29.2 Å². The molecule has 0 aliphatic carbocycles. The molecular formula is C21H21IN2O2S.